The number of terminal acetylenes is 1. The maximum Gasteiger partial charge on any atom is 0.206 e. The minimum absolute atomic E-state index is 0.00881. The van der Waals surface area contributed by atoms with Crippen LogP contribution in [0.2, 0.25) is 0 Å². The molecular weight excluding hydrogens is 448 g/mol. The third kappa shape index (κ3) is 4.65. The molecule has 0 saturated carbocycles. The van der Waals surface area contributed by atoms with Gasteiger partial charge in [-0.2, -0.15) is 0 Å². The number of rotatable bonds is 8. The van der Waals surface area contributed by atoms with E-state index >= 15 is 0 Å². The summed E-state index contributed by atoms with van der Waals surface area (Å²) in [4.78, 5) is 0. The number of benzene rings is 2. The molecule has 0 bridgehead atoms. The summed E-state index contributed by atoms with van der Waals surface area (Å²) in [5.74, 6) is 3.03. The zero-order valence-corrected chi connectivity index (χ0v) is 19.4. The molecule has 0 radical (unpaired) electrons. The summed E-state index contributed by atoms with van der Waals surface area (Å²) in [5, 5.41) is 0. The zero-order valence-electron chi connectivity index (χ0n) is 19.4. The second-order valence-corrected chi connectivity index (χ2v) is 8.40. The normalized spacial score (nSPS) is 30.3. The molecule has 2 saturated heterocycles. The second-order valence-electron chi connectivity index (χ2n) is 8.40. The Kier molecular flexibility index (Phi) is 7.30. The summed E-state index contributed by atoms with van der Waals surface area (Å²) in [7, 11) is 1.55. The molecule has 7 heteroatoms. The first-order chi connectivity index (χ1) is 17.3. The minimum atomic E-state index is -1.32. The van der Waals surface area contributed by atoms with Gasteiger partial charge in [-0.15, -0.1) is 6.42 Å². The smallest absolute Gasteiger partial charge is 0.206 e. The SMILES string of the molecule is C#CCO[C@@]1(c2ccco2)[C@@H](OC)O[C@@H]2COC(c3ccccc3)O[C@H]2[C@@H]1OCc1ccccc1. The highest BCUT2D eigenvalue weighted by Crippen LogP contribution is 2.47. The highest BCUT2D eigenvalue weighted by Gasteiger charge is 2.63. The van der Waals surface area contributed by atoms with Crippen LogP contribution in [-0.2, 0) is 40.6 Å². The number of furan rings is 1. The molecule has 0 amide bonds. The molecule has 2 fully saturated rings. The van der Waals surface area contributed by atoms with E-state index < -0.39 is 36.5 Å². The highest BCUT2D eigenvalue weighted by molar-refractivity contribution is 5.22. The van der Waals surface area contributed by atoms with Crippen LogP contribution in [0.3, 0.4) is 0 Å². The number of fused-ring (bicyclic) bond motifs is 1. The van der Waals surface area contributed by atoms with Crippen molar-refractivity contribution in [3.8, 4) is 12.3 Å². The summed E-state index contributed by atoms with van der Waals surface area (Å²) in [6.45, 7) is 0.594. The first-order valence-electron chi connectivity index (χ1n) is 11.5. The van der Waals surface area contributed by atoms with Crippen LogP contribution in [0.1, 0.15) is 23.2 Å². The molecule has 1 unspecified atom stereocenters. The van der Waals surface area contributed by atoms with Crippen LogP contribution in [0.25, 0.3) is 0 Å². The van der Waals surface area contributed by atoms with Gasteiger partial charge < -0.3 is 32.8 Å². The average Bonchev–Trinajstić information content (AvgIpc) is 3.47. The van der Waals surface area contributed by atoms with Gasteiger partial charge in [-0.05, 0) is 17.7 Å². The van der Waals surface area contributed by atoms with Gasteiger partial charge in [0, 0.05) is 12.7 Å². The Bertz CT molecular complexity index is 1100. The lowest BCUT2D eigenvalue weighted by Crippen LogP contribution is -2.68. The van der Waals surface area contributed by atoms with Crippen molar-refractivity contribution in [1.29, 1.82) is 0 Å². The molecule has 6 atom stereocenters. The molecule has 3 heterocycles. The van der Waals surface area contributed by atoms with E-state index in [1.165, 1.54) is 0 Å². The molecule has 3 aromatic rings. The van der Waals surface area contributed by atoms with Crippen molar-refractivity contribution < 1.29 is 32.8 Å². The van der Waals surface area contributed by atoms with Gasteiger partial charge >= 0.3 is 0 Å². The molecule has 5 rings (SSSR count). The third-order valence-corrected chi connectivity index (χ3v) is 6.29. The first kappa shape index (κ1) is 23.8. The predicted octanol–water partition coefficient (Wildman–Crippen LogP) is 4.20. The van der Waals surface area contributed by atoms with Crippen LogP contribution in [-0.4, -0.2) is 44.9 Å². The van der Waals surface area contributed by atoms with Crippen LogP contribution in [0.15, 0.2) is 83.5 Å². The van der Waals surface area contributed by atoms with Gasteiger partial charge in [-0.1, -0.05) is 66.6 Å². The molecule has 0 spiro atoms. The Morgan fingerprint density at radius 1 is 1.00 bits per heavy atom. The van der Waals surface area contributed by atoms with Crippen molar-refractivity contribution in [2.24, 2.45) is 0 Å². The zero-order chi connectivity index (χ0) is 24.1. The molecule has 182 valence electrons. The highest BCUT2D eigenvalue weighted by atomic mass is 16.8. The molecule has 0 aliphatic carbocycles. The number of methoxy groups -OCH3 is 1. The Morgan fingerprint density at radius 3 is 2.46 bits per heavy atom. The van der Waals surface area contributed by atoms with Crippen LogP contribution in [0, 0.1) is 12.3 Å². The molecule has 7 nitrogen and oxygen atoms in total. The lowest BCUT2D eigenvalue weighted by molar-refractivity contribution is -0.402. The topological polar surface area (TPSA) is 68.5 Å². The van der Waals surface area contributed by atoms with E-state index in [2.05, 4.69) is 5.92 Å². The van der Waals surface area contributed by atoms with Gasteiger partial charge in [0.1, 0.15) is 30.7 Å². The molecule has 0 N–H and O–H groups in total. The number of hydrogen-bond donors (Lipinski definition) is 0. The fourth-order valence-corrected chi connectivity index (χ4v) is 4.70. The van der Waals surface area contributed by atoms with Gasteiger partial charge in [0.05, 0.1) is 19.5 Å². The third-order valence-electron chi connectivity index (χ3n) is 6.29. The van der Waals surface area contributed by atoms with Crippen LogP contribution in [0.5, 0.6) is 0 Å². The van der Waals surface area contributed by atoms with Crippen LogP contribution < -0.4 is 0 Å². The van der Waals surface area contributed by atoms with E-state index in [0.717, 1.165) is 11.1 Å². The van der Waals surface area contributed by atoms with Crippen molar-refractivity contribution in [2.75, 3.05) is 20.3 Å². The summed E-state index contributed by atoms with van der Waals surface area (Å²) in [6.07, 6.45) is 3.98. The van der Waals surface area contributed by atoms with E-state index in [1.54, 1.807) is 25.5 Å². The number of hydrogen-bond acceptors (Lipinski definition) is 7. The lowest BCUT2D eigenvalue weighted by atomic mass is 9.83. The maximum atomic E-state index is 6.60. The van der Waals surface area contributed by atoms with Crippen molar-refractivity contribution in [3.05, 3.63) is 95.9 Å². The molecule has 35 heavy (non-hydrogen) atoms. The summed E-state index contributed by atoms with van der Waals surface area (Å²) in [6, 6.07) is 23.2. The molecule has 1 aromatic heterocycles. The summed E-state index contributed by atoms with van der Waals surface area (Å²) >= 11 is 0. The first-order valence-corrected chi connectivity index (χ1v) is 11.5. The van der Waals surface area contributed by atoms with Gasteiger partial charge in [0.2, 0.25) is 5.60 Å². The van der Waals surface area contributed by atoms with Crippen molar-refractivity contribution >= 4 is 0 Å². The molecular formula is C28H28O7. The van der Waals surface area contributed by atoms with Crippen molar-refractivity contribution in [2.45, 2.75) is 43.1 Å². The average molecular weight is 477 g/mol. The maximum absolute atomic E-state index is 6.60. The lowest BCUT2D eigenvalue weighted by Gasteiger charge is -2.53. The fourth-order valence-electron chi connectivity index (χ4n) is 4.70. The fraction of sp³-hybridized carbons (Fsp3) is 0.357. The van der Waals surface area contributed by atoms with Crippen molar-refractivity contribution in [3.63, 3.8) is 0 Å². The van der Waals surface area contributed by atoms with E-state index in [4.69, 9.17) is 39.3 Å². The van der Waals surface area contributed by atoms with E-state index in [1.807, 2.05) is 60.7 Å². The van der Waals surface area contributed by atoms with E-state index in [9.17, 15) is 0 Å². The van der Waals surface area contributed by atoms with Gasteiger partial charge in [0.25, 0.3) is 0 Å². The Hall–Kier alpha value is -2.96. The monoisotopic (exact) mass is 476 g/mol. The minimum Gasteiger partial charge on any atom is -0.466 e. The van der Waals surface area contributed by atoms with Gasteiger partial charge in [-0.25, -0.2) is 0 Å². The molecule has 2 aromatic carbocycles. The molecule has 2 aliphatic rings. The van der Waals surface area contributed by atoms with E-state index in [0.29, 0.717) is 19.0 Å². The molecule has 2 aliphatic heterocycles. The largest absolute Gasteiger partial charge is 0.466 e. The Morgan fingerprint density at radius 2 is 1.77 bits per heavy atom. The van der Waals surface area contributed by atoms with Crippen LogP contribution in [0.4, 0.5) is 0 Å². The predicted molar refractivity (Wildman–Crippen MR) is 126 cm³/mol. The summed E-state index contributed by atoms with van der Waals surface area (Å²) in [5.41, 5.74) is 0.579. The van der Waals surface area contributed by atoms with E-state index in [-0.39, 0.29) is 6.61 Å². The van der Waals surface area contributed by atoms with Gasteiger partial charge in [0.15, 0.2) is 12.6 Å². The Labute approximate surface area is 204 Å². The Balaban J connectivity index is 1.55. The van der Waals surface area contributed by atoms with Crippen molar-refractivity contribution in [1.82, 2.24) is 0 Å². The standard InChI is InChI=1S/C28H28O7/c1-3-16-33-28(23-15-10-17-30-23)25(31-18-20-11-6-4-7-12-20)24-22(34-27(28)29-2)19-32-26(35-24)21-13-8-5-9-14-21/h1,4-15,17,22,24-27H,16,18-19H2,2H3/t22-,24-,25+,26?,27+,28-/m1/s1. The summed E-state index contributed by atoms with van der Waals surface area (Å²) < 4.78 is 43.5. The number of ether oxygens (including phenoxy) is 6. The van der Waals surface area contributed by atoms with Crippen LogP contribution >= 0.6 is 0 Å². The second kappa shape index (κ2) is 10.8. The van der Waals surface area contributed by atoms with Gasteiger partial charge in [-0.3, -0.25) is 0 Å². The quantitative estimate of drug-likeness (QED) is 0.452.